The molecule has 2 saturated heterocycles. The lowest BCUT2D eigenvalue weighted by Gasteiger charge is -2.34. The second kappa shape index (κ2) is 35.8. The monoisotopic (exact) mass is 775 g/mol. The van der Waals surface area contributed by atoms with Gasteiger partial charge in [-0.15, -0.1) is 0 Å². The van der Waals surface area contributed by atoms with Crippen LogP contribution in [0.15, 0.2) is 0 Å². The van der Waals surface area contributed by atoms with E-state index in [4.69, 9.17) is 9.47 Å². The SMILES string of the molecule is CCCCCC(CCCCC)CCCCCCCCCCC1(CCCCCCCCCCC(CCCCC)CCCCC)OCC(CN2CCN(C)CC2)O1. The molecular formula is C51H102N2O2. The van der Waals surface area contributed by atoms with Gasteiger partial charge in [0.1, 0.15) is 0 Å². The predicted molar refractivity (Wildman–Crippen MR) is 243 cm³/mol. The van der Waals surface area contributed by atoms with Crippen molar-refractivity contribution in [3.05, 3.63) is 0 Å². The largest absolute Gasteiger partial charge is 0.347 e. The maximum Gasteiger partial charge on any atom is 0.168 e. The fourth-order valence-electron chi connectivity index (χ4n) is 9.79. The van der Waals surface area contributed by atoms with E-state index >= 15 is 0 Å². The maximum absolute atomic E-state index is 6.91. The summed E-state index contributed by atoms with van der Waals surface area (Å²) in [4.78, 5) is 5.07. The molecule has 0 bridgehead atoms. The highest BCUT2D eigenvalue weighted by molar-refractivity contribution is 4.83. The summed E-state index contributed by atoms with van der Waals surface area (Å²) >= 11 is 0. The van der Waals surface area contributed by atoms with Crippen LogP contribution in [-0.2, 0) is 9.47 Å². The Labute approximate surface area is 347 Å². The smallest absolute Gasteiger partial charge is 0.168 e. The molecule has 4 nitrogen and oxygen atoms in total. The van der Waals surface area contributed by atoms with E-state index in [-0.39, 0.29) is 11.9 Å². The van der Waals surface area contributed by atoms with E-state index in [0.717, 1.165) is 37.8 Å². The molecule has 0 radical (unpaired) electrons. The molecule has 0 spiro atoms. The van der Waals surface area contributed by atoms with Gasteiger partial charge in [-0.3, -0.25) is 4.90 Å². The molecule has 1 unspecified atom stereocenters. The lowest BCUT2D eigenvalue weighted by atomic mass is 9.90. The van der Waals surface area contributed by atoms with Gasteiger partial charge in [0.05, 0.1) is 12.7 Å². The van der Waals surface area contributed by atoms with Crippen LogP contribution in [0, 0.1) is 11.8 Å². The summed E-state index contributed by atoms with van der Waals surface area (Å²) < 4.78 is 13.6. The van der Waals surface area contributed by atoms with E-state index in [2.05, 4.69) is 44.5 Å². The molecule has 55 heavy (non-hydrogen) atoms. The first kappa shape index (κ1) is 51.0. The van der Waals surface area contributed by atoms with Gasteiger partial charge < -0.3 is 14.4 Å². The number of hydrogen-bond donors (Lipinski definition) is 0. The normalized spacial score (nSPS) is 18.1. The van der Waals surface area contributed by atoms with Crippen LogP contribution in [0.4, 0.5) is 0 Å². The zero-order valence-corrected chi connectivity index (χ0v) is 38.6. The standard InChI is InChI=1S/C51H102N2O2/c1-6-10-26-34-48(35-27-11-7-2)38-30-22-18-14-16-20-24-32-40-51(54-47-50(55-51)46-53-44-42-52(5)43-45-53)41-33-25-21-17-15-19-23-31-39-49(36-28-12-8-3)37-29-13-9-4/h48-50H,6-47H2,1-5H3. The van der Waals surface area contributed by atoms with Gasteiger partial charge in [-0.2, -0.15) is 0 Å². The van der Waals surface area contributed by atoms with Crippen LogP contribution in [0.2, 0.25) is 0 Å². The van der Waals surface area contributed by atoms with Crippen LogP contribution < -0.4 is 0 Å². The Morgan fingerprint density at radius 3 is 1.13 bits per heavy atom. The molecule has 0 aliphatic carbocycles. The summed E-state index contributed by atoms with van der Waals surface area (Å²) in [5.41, 5.74) is 0. The lowest BCUT2D eigenvalue weighted by molar-refractivity contribution is -0.181. The van der Waals surface area contributed by atoms with Crippen molar-refractivity contribution in [2.45, 2.75) is 271 Å². The molecule has 0 aromatic carbocycles. The molecule has 1 atom stereocenters. The molecule has 2 fully saturated rings. The third-order valence-electron chi connectivity index (χ3n) is 13.7. The van der Waals surface area contributed by atoms with E-state index in [9.17, 15) is 0 Å². The molecule has 0 aromatic rings. The average molecular weight is 775 g/mol. The van der Waals surface area contributed by atoms with Crippen molar-refractivity contribution in [1.82, 2.24) is 9.80 Å². The molecule has 0 saturated carbocycles. The Bertz CT molecular complexity index is 734. The van der Waals surface area contributed by atoms with Crippen molar-refractivity contribution >= 4 is 0 Å². The van der Waals surface area contributed by atoms with Crippen LogP contribution in [0.25, 0.3) is 0 Å². The molecule has 2 aliphatic rings. The number of rotatable bonds is 40. The van der Waals surface area contributed by atoms with Crippen LogP contribution in [0.3, 0.4) is 0 Å². The molecule has 4 heteroatoms. The highest BCUT2D eigenvalue weighted by Crippen LogP contribution is 2.35. The highest BCUT2D eigenvalue weighted by atomic mass is 16.7. The van der Waals surface area contributed by atoms with E-state index in [1.807, 2.05) is 0 Å². The minimum absolute atomic E-state index is 0.249. The minimum Gasteiger partial charge on any atom is -0.347 e. The second-order valence-electron chi connectivity index (χ2n) is 19.0. The average Bonchev–Trinajstić information content (AvgIpc) is 3.59. The maximum atomic E-state index is 6.91. The minimum atomic E-state index is -0.313. The fourth-order valence-corrected chi connectivity index (χ4v) is 9.79. The number of nitrogens with zero attached hydrogens (tertiary/aromatic N) is 2. The number of unbranched alkanes of at least 4 members (excludes halogenated alkanes) is 22. The number of likely N-dealkylation sites (N-methyl/N-ethyl adjacent to an activating group) is 1. The number of piperazine rings is 1. The summed E-state index contributed by atoms with van der Waals surface area (Å²) in [7, 11) is 2.25. The first-order valence-electron chi connectivity index (χ1n) is 25.8. The summed E-state index contributed by atoms with van der Waals surface area (Å²) in [6.45, 7) is 15.9. The molecule has 328 valence electrons. The zero-order chi connectivity index (χ0) is 39.5. The van der Waals surface area contributed by atoms with Gasteiger partial charge in [0, 0.05) is 45.6 Å². The molecule has 2 aliphatic heterocycles. The van der Waals surface area contributed by atoms with Crippen LogP contribution in [0.1, 0.15) is 259 Å². The zero-order valence-electron chi connectivity index (χ0n) is 38.6. The molecular weight excluding hydrogens is 673 g/mol. The van der Waals surface area contributed by atoms with Crippen LogP contribution >= 0.6 is 0 Å². The topological polar surface area (TPSA) is 24.9 Å². The van der Waals surface area contributed by atoms with Crippen LogP contribution in [-0.4, -0.2) is 68.1 Å². The van der Waals surface area contributed by atoms with Crippen LogP contribution in [0.5, 0.6) is 0 Å². The first-order chi connectivity index (χ1) is 27.0. The summed E-state index contributed by atoms with van der Waals surface area (Å²) in [5, 5.41) is 0. The van der Waals surface area contributed by atoms with Gasteiger partial charge in [-0.1, -0.05) is 233 Å². The second-order valence-corrected chi connectivity index (χ2v) is 19.0. The Kier molecular flexibility index (Phi) is 33.1. The Hall–Kier alpha value is -0.160. The predicted octanol–water partition coefficient (Wildman–Crippen LogP) is 15.7. The van der Waals surface area contributed by atoms with E-state index in [1.54, 1.807) is 0 Å². The third kappa shape index (κ3) is 27.3. The van der Waals surface area contributed by atoms with Crippen molar-refractivity contribution in [2.75, 3.05) is 46.4 Å². The van der Waals surface area contributed by atoms with Gasteiger partial charge in [-0.05, 0) is 31.7 Å². The fraction of sp³-hybridized carbons (Fsp3) is 1.00. The Morgan fingerprint density at radius 2 is 0.764 bits per heavy atom. The summed E-state index contributed by atoms with van der Waals surface area (Å²) in [6.07, 6.45) is 50.8. The van der Waals surface area contributed by atoms with Gasteiger partial charge in [-0.25, -0.2) is 0 Å². The van der Waals surface area contributed by atoms with Crippen molar-refractivity contribution in [1.29, 1.82) is 0 Å². The quantitative estimate of drug-likeness (QED) is 0.0579. The summed E-state index contributed by atoms with van der Waals surface area (Å²) in [6, 6.07) is 0. The molecule has 2 rings (SSSR count). The first-order valence-corrected chi connectivity index (χ1v) is 25.8. The molecule has 0 N–H and O–H groups in total. The highest BCUT2D eigenvalue weighted by Gasteiger charge is 2.41. The van der Waals surface area contributed by atoms with Gasteiger partial charge in [0.25, 0.3) is 0 Å². The van der Waals surface area contributed by atoms with Gasteiger partial charge in [0.15, 0.2) is 5.79 Å². The third-order valence-corrected chi connectivity index (χ3v) is 13.7. The van der Waals surface area contributed by atoms with Gasteiger partial charge >= 0.3 is 0 Å². The summed E-state index contributed by atoms with van der Waals surface area (Å²) in [5.74, 6) is 1.70. The van der Waals surface area contributed by atoms with Crippen molar-refractivity contribution in [3.8, 4) is 0 Å². The number of ether oxygens (including phenoxy) is 2. The van der Waals surface area contributed by atoms with E-state index in [1.165, 1.54) is 244 Å². The van der Waals surface area contributed by atoms with Gasteiger partial charge in [0.2, 0.25) is 0 Å². The Balaban J connectivity index is 1.63. The van der Waals surface area contributed by atoms with Crippen molar-refractivity contribution in [2.24, 2.45) is 11.8 Å². The molecule has 0 aromatic heterocycles. The molecule has 2 heterocycles. The lowest BCUT2D eigenvalue weighted by Crippen LogP contribution is -2.47. The number of hydrogen-bond acceptors (Lipinski definition) is 4. The van der Waals surface area contributed by atoms with Crippen molar-refractivity contribution < 1.29 is 9.47 Å². The van der Waals surface area contributed by atoms with Crippen molar-refractivity contribution in [3.63, 3.8) is 0 Å². The van der Waals surface area contributed by atoms with E-state index < -0.39 is 0 Å². The Morgan fingerprint density at radius 1 is 0.436 bits per heavy atom. The molecule has 0 amide bonds. The van der Waals surface area contributed by atoms with E-state index in [0.29, 0.717) is 0 Å².